The first kappa shape index (κ1) is 16.2. The summed E-state index contributed by atoms with van der Waals surface area (Å²) in [5.74, 6) is -1.66. The van der Waals surface area contributed by atoms with Crippen LogP contribution in [0.25, 0.3) is 0 Å². The number of rotatable bonds is 3. The van der Waals surface area contributed by atoms with Crippen LogP contribution < -0.4 is 4.74 Å². The van der Waals surface area contributed by atoms with Crippen LogP contribution in [0.4, 0.5) is 0 Å². The number of ether oxygens (including phenoxy) is 1. The molecule has 0 aliphatic carbocycles. The average molecular weight is 325 g/mol. The lowest BCUT2D eigenvalue weighted by Gasteiger charge is -2.26. The van der Waals surface area contributed by atoms with Gasteiger partial charge in [-0.15, -0.1) is 11.8 Å². The van der Waals surface area contributed by atoms with Crippen LogP contribution in [-0.4, -0.2) is 44.8 Å². The summed E-state index contributed by atoms with van der Waals surface area (Å²) < 4.78 is 4.96. The number of aromatic hydroxyl groups is 1. The van der Waals surface area contributed by atoms with E-state index in [1.807, 2.05) is 0 Å². The lowest BCUT2D eigenvalue weighted by atomic mass is 10.1. The van der Waals surface area contributed by atoms with Crippen molar-refractivity contribution in [2.45, 2.75) is 25.3 Å². The fourth-order valence-corrected chi connectivity index (χ4v) is 3.77. The predicted molar refractivity (Wildman–Crippen MR) is 78.6 cm³/mol. The smallest absolute Gasteiger partial charge is 0.327 e. The Balaban J connectivity index is 2.39. The molecule has 2 rings (SSSR count). The molecule has 0 bridgehead atoms. The number of thioether (sulfide) groups is 1. The molecule has 0 aromatic heterocycles. The first-order valence-corrected chi connectivity index (χ1v) is 7.50. The largest absolute Gasteiger partial charge is 0.508 e. The molecule has 1 amide bonds. The molecular weight excluding hydrogens is 310 g/mol. The highest BCUT2D eigenvalue weighted by Gasteiger charge is 2.42. The van der Waals surface area contributed by atoms with Gasteiger partial charge >= 0.3 is 11.9 Å². The van der Waals surface area contributed by atoms with Crippen molar-refractivity contribution in [3.8, 4) is 11.5 Å². The van der Waals surface area contributed by atoms with Gasteiger partial charge in [0.25, 0.3) is 0 Å². The minimum Gasteiger partial charge on any atom is -0.508 e. The van der Waals surface area contributed by atoms with Crippen molar-refractivity contribution in [1.82, 2.24) is 4.90 Å². The lowest BCUT2D eigenvalue weighted by Crippen LogP contribution is -2.41. The van der Waals surface area contributed by atoms with Crippen molar-refractivity contribution in [3.63, 3.8) is 0 Å². The molecule has 118 valence electrons. The standard InChI is InChI=1S/C14H15NO6S/c1-7(16)15-11(14(19)20)6-22-13(15)10-5-9(21-8(2)17)3-4-12(10)18/h3-5,11,13,18H,6H2,1-2H3,(H,19,20). The predicted octanol–water partition coefficient (Wildman–Crippen LogP) is 1.36. The first-order chi connectivity index (χ1) is 10.3. The summed E-state index contributed by atoms with van der Waals surface area (Å²) in [5, 5.41) is 18.6. The van der Waals surface area contributed by atoms with Gasteiger partial charge in [0.2, 0.25) is 5.91 Å². The Morgan fingerprint density at radius 2 is 2.00 bits per heavy atom. The number of hydrogen-bond acceptors (Lipinski definition) is 6. The number of aliphatic carboxylic acids is 1. The second kappa shape index (κ2) is 6.27. The van der Waals surface area contributed by atoms with Gasteiger partial charge < -0.3 is 19.8 Å². The second-order valence-corrected chi connectivity index (χ2v) is 5.89. The lowest BCUT2D eigenvalue weighted by molar-refractivity contribution is -0.148. The van der Waals surface area contributed by atoms with E-state index in [2.05, 4.69) is 0 Å². The van der Waals surface area contributed by atoms with E-state index >= 15 is 0 Å². The molecule has 1 saturated heterocycles. The van der Waals surface area contributed by atoms with Crippen molar-refractivity contribution in [1.29, 1.82) is 0 Å². The van der Waals surface area contributed by atoms with Crippen molar-refractivity contribution >= 4 is 29.6 Å². The van der Waals surface area contributed by atoms with Crippen LogP contribution in [-0.2, 0) is 14.4 Å². The Labute approximate surface area is 130 Å². The zero-order chi connectivity index (χ0) is 16.4. The van der Waals surface area contributed by atoms with E-state index in [0.717, 1.165) is 0 Å². The Kier molecular flexibility index (Phi) is 4.60. The van der Waals surface area contributed by atoms with E-state index in [4.69, 9.17) is 4.74 Å². The van der Waals surface area contributed by atoms with Crippen molar-refractivity contribution in [2.75, 3.05) is 5.75 Å². The number of hydrogen-bond donors (Lipinski definition) is 2. The van der Waals surface area contributed by atoms with Crippen molar-refractivity contribution < 1.29 is 29.3 Å². The van der Waals surface area contributed by atoms with Gasteiger partial charge in [0.05, 0.1) is 0 Å². The maximum absolute atomic E-state index is 11.8. The highest BCUT2D eigenvalue weighted by Crippen LogP contribution is 2.45. The van der Waals surface area contributed by atoms with Crippen LogP contribution in [0.5, 0.6) is 11.5 Å². The van der Waals surface area contributed by atoms with Crippen LogP contribution >= 0.6 is 11.8 Å². The number of phenolic OH excluding ortho intramolecular Hbond substituents is 1. The molecule has 7 nitrogen and oxygen atoms in total. The van der Waals surface area contributed by atoms with Gasteiger partial charge in [-0.3, -0.25) is 9.59 Å². The Morgan fingerprint density at radius 1 is 1.32 bits per heavy atom. The normalized spacial score (nSPS) is 20.7. The Morgan fingerprint density at radius 3 is 2.55 bits per heavy atom. The molecule has 2 atom stereocenters. The molecule has 1 aliphatic heterocycles. The molecule has 0 spiro atoms. The molecule has 1 aromatic rings. The third kappa shape index (κ3) is 3.16. The van der Waals surface area contributed by atoms with Crippen molar-refractivity contribution in [2.24, 2.45) is 0 Å². The number of amides is 1. The summed E-state index contributed by atoms with van der Waals surface area (Å²) in [4.78, 5) is 35.3. The fourth-order valence-electron chi connectivity index (χ4n) is 2.28. The third-order valence-corrected chi connectivity index (χ3v) is 4.48. The van der Waals surface area contributed by atoms with E-state index in [1.54, 1.807) is 0 Å². The number of carbonyl (C=O) groups is 3. The van der Waals surface area contributed by atoms with Crippen LogP contribution in [0.15, 0.2) is 18.2 Å². The molecule has 22 heavy (non-hydrogen) atoms. The number of carboxylic acid groups (broad SMARTS) is 1. The first-order valence-electron chi connectivity index (χ1n) is 6.46. The highest BCUT2D eigenvalue weighted by atomic mass is 32.2. The summed E-state index contributed by atoms with van der Waals surface area (Å²) in [6, 6.07) is 3.26. The van der Waals surface area contributed by atoms with Gasteiger partial charge in [0.1, 0.15) is 22.9 Å². The quantitative estimate of drug-likeness (QED) is 0.639. The molecule has 1 fully saturated rings. The van der Waals surface area contributed by atoms with Gasteiger partial charge in [-0.05, 0) is 18.2 Å². The number of phenols is 1. The highest BCUT2D eigenvalue weighted by molar-refractivity contribution is 7.99. The van der Waals surface area contributed by atoms with E-state index in [-0.39, 0.29) is 17.3 Å². The Bertz CT molecular complexity index is 632. The zero-order valence-electron chi connectivity index (χ0n) is 12.0. The van der Waals surface area contributed by atoms with Crippen LogP contribution in [0.2, 0.25) is 0 Å². The molecule has 1 heterocycles. The molecule has 2 unspecified atom stereocenters. The maximum atomic E-state index is 11.8. The van der Waals surface area contributed by atoms with E-state index in [9.17, 15) is 24.6 Å². The molecule has 1 aliphatic rings. The molecule has 0 radical (unpaired) electrons. The SMILES string of the molecule is CC(=O)Oc1ccc(O)c(C2SCC(C(=O)O)N2C(C)=O)c1. The molecule has 8 heteroatoms. The van der Waals surface area contributed by atoms with Crippen LogP contribution in [0.1, 0.15) is 24.8 Å². The molecule has 2 N–H and O–H groups in total. The summed E-state index contributed by atoms with van der Waals surface area (Å²) in [7, 11) is 0. The fraction of sp³-hybridized carbons (Fsp3) is 0.357. The monoisotopic (exact) mass is 325 g/mol. The van der Waals surface area contributed by atoms with Crippen molar-refractivity contribution in [3.05, 3.63) is 23.8 Å². The maximum Gasteiger partial charge on any atom is 0.327 e. The molecule has 0 saturated carbocycles. The summed E-state index contributed by atoms with van der Waals surface area (Å²) in [6.07, 6.45) is 0. The average Bonchev–Trinajstić information content (AvgIpc) is 2.85. The molecular formula is C14H15NO6S. The van der Waals surface area contributed by atoms with Gasteiger partial charge in [-0.1, -0.05) is 0 Å². The van der Waals surface area contributed by atoms with E-state index in [1.165, 1.54) is 48.7 Å². The van der Waals surface area contributed by atoms with E-state index in [0.29, 0.717) is 5.56 Å². The van der Waals surface area contributed by atoms with Crippen LogP contribution in [0.3, 0.4) is 0 Å². The summed E-state index contributed by atoms with van der Waals surface area (Å²) >= 11 is 1.23. The number of benzene rings is 1. The third-order valence-electron chi connectivity index (χ3n) is 3.18. The summed E-state index contributed by atoms with van der Waals surface area (Å²) in [5.41, 5.74) is 0.336. The minimum atomic E-state index is -1.10. The number of carboxylic acids is 1. The van der Waals surface area contributed by atoms with Gasteiger partial charge in [-0.2, -0.15) is 0 Å². The topological polar surface area (TPSA) is 104 Å². The zero-order valence-corrected chi connectivity index (χ0v) is 12.8. The minimum absolute atomic E-state index is 0.0920. The number of nitrogens with zero attached hydrogens (tertiary/aromatic N) is 1. The second-order valence-electron chi connectivity index (χ2n) is 4.78. The van der Waals surface area contributed by atoms with Gasteiger partial charge in [0, 0.05) is 25.2 Å². The summed E-state index contributed by atoms with van der Waals surface area (Å²) in [6.45, 7) is 2.53. The number of esters is 1. The Hall–Kier alpha value is -2.22. The van der Waals surface area contributed by atoms with Gasteiger partial charge in [-0.25, -0.2) is 4.79 Å². The van der Waals surface area contributed by atoms with Gasteiger partial charge in [0.15, 0.2) is 0 Å². The van der Waals surface area contributed by atoms with Crippen LogP contribution in [0, 0.1) is 0 Å². The molecule has 1 aromatic carbocycles. The van der Waals surface area contributed by atoms with E-state index < -0.39 is 29.3 Å². The number of carbonyl (C=O) groups excluding carboxylic acids is 2.